The molecule has 208 valence electrons. The number of aliphatic carboxylic acids is 2. The highest BCUT2D eigenvalue weighted by atomic mass is 19.4. The molecule has 3 heterocycles. The number of H-pyrrole nitrogens is 1. The van der Waals surface area contributed by atoms with E-state index in [2.05, 4.69) is 51.0 Å². The first-order valence-corrected chi connectivity index (χ1v) is 11.1. The van der Waals surface area contributed by atoms with Crippen LogP contribution in [0.5, 0.6) is 0 Å². The first kappa shape index (κ1) is 31.8. The average Bonchev–Trinajstić information content (AvgIpc) is 3.01. The number of nitrogens with one attached hydrogen (secondary N) is 1. The summed E-state index contributed by atoms with van der Waals surface area (Å²) in [7, 11) is 0. The fourth-order valence-corrected chi connectivity index (χ4v) is 3.26. The van der Waals surface area contributed by atoms with Gasteiger partial charge in [-0.3, -0.25) is 19.9 Å². The molecule has 1 aliphatic rings. The summed E-state index contributed by atoms with van der Waals surface area (Å²) >= 11 is 0. The molecule has 0 bridgehead atoms. The van der Waals surface area contributed by atoms with E-state index in [1.54, 1.807) is 0 Å². The lowest BCUT2D eigenvalue weighted by atomic mass is 10.1. The van der Waals surface area contributed by atoms with Crippen molar-refractivity contribution in [3.63, 3.8) is 0 Å². The van der Waals surface area contributed by atoms with Gasteiger partial charge in [-0.1, -0.05) is 13.0 Å². The summed E-state index contributed by atoms with van der Waals surface area (Å²) in [5.74, 6) is -5.51. The van der Waals surface area contributed by atoms with E-state index in [9.17, 15) is 26.3 Å². The zero-order valence-electron chi connectivity index (χ0n) is 20.2. The van der Waals surface area contributed by atoms with Crippen LogP contribution >= 0.6 is 0 Å². The Bertz CT molecular complexity index is 958. The lowest BCUT2D eigenvalue weighted by molar-refractivity contribution is -0.193. The summed E-state index contributed by atoms with van der Waals surface area (Å²) in [4.78, 5) is 27.3. The molecule has 2 aromatic heterocycles. The van der Waals surface area contributed by atoms with Crippen LogP contribution < -0.4 is 0 Å². The lowest BCUT2D eigenvalue weighted by Gasteiger charge is -2.21. The molecule has 0 unspecified atom stereocenters. The Labute approximate surface area is 209 Å². The summed E-state index contributed by atoms with van der Waals surface area (Å²) in [5.41, 5.74) is 4.98. The summed E-state index contributed by atoms with van der Waals surface area (Å²) in [5, 5.41) is 21.9. The van der Waals surface area contributed by atoms with Crippen LogP contribution in [0.3, 0.4) is 0 Å². The van der Waals surface area contributed by atoms with Crippen molar-refractivity contribution in [2.24, 2.45) is 0 Å². The number of aromatic nitrogens is 3. The third-order valence-electron chi connectivity index (χ3n) is 5.21. The molecule has 2 aromatic rings. The van der Waals surface area contributed by atoms with E-state index >= 15 is 0 Å². The topological polar surface area (TPSA) is 123 Å². The minimum Gasteiger partial charge on any atom is -0.475 e. The van der Waals surface area contributed by atoms with Gasteiger partial charge in [0, 0.05) is 32.4 Å². The molecule has 3 rings (SSSR count). The predicted molar refractivity (Wildman–Crippen MR) is 119 cm³/mol. The van der Waals surface area contributed by atoms with E-state index in [4.69, 9.17) is 19.8 Å². The molecular formula is C22H29F6N5O4. The Morgan fingerprint density at radius 1 is 0.946 bits per heavy atom. The number of carbonyl (C=O) groups is 2. The maximum absolute atomic E-state index is 10.6. The molecule has 0 aromatic carbocycles. The Kier molecular flexibility index (Phi) is 12.5. The van der Waals surface area contributed by atoms with Crippen LogP contribution in [-0.2, 0) is 29.1 Å². The minimum absolute atomic E-state index is 0.956. The third-order valence-corrected chi connectivity index (χ3v) is 5.21. The molecule has 0 amide bonds. The van der Waals surface area contributed by atoms with Crippen molar-refractivity contribution in [2.45, 2.75) is 52.1 Å². The number of halogens is 6. The van der Waals surface area contributed by atoms with Gasteiger partial charge in [0.1, 0.15) is 0 Å². The van der Waals surface area contributed by atoms with Crippen molar-refractivity contribution >= 4 is 11.9 Å². The van der Waals surface area contributed by atoms with Gasteiger partial charge in [-0.25, -0.2) is 9.59 Å². The van der Waals surface area contributed by atoms with Gasteiger partial charge in [0.25, 0.3) is 0 Å². The van der Waals surface area contributed by atoms with Gasteiger partial charge < -0.3 is 10.2 Å². The molecule has 0 aliphatic carbocycles. The maximum Gasteiger partial charge on any atom is 0.490 e. The van der Waals surface area contributed by atoms with Gasteiger partial charge in [-0.05, 0) is 50.6 Å². The van der Waals surface area contributed by atoms with Gasteiger partial charge >= 0.3 is 24.3 Å². The van der Waals surface area contributed by atoms with Crippen LogP contribution in [0.2, 0.25) is 0 Å². The first-order valence-electron chi connectivity index (χ1n) is 11.1. The molecule has 1 aliphatic heterocycles. The zero-order chi connectivity index (χ0) is 28.2. The van der Waals surface area contributed by atoms with Gasteiger partial charge in [-0.15, -0.1) is 0 Å². The second kappa shape index (κ2) is 14.5. The summed E-state index contributed by atoms with van der Waals surface area (Å²) < 4.78 is 63.5. The summed E-state index contributed by atoms with van der Waals surface area (Å²) in [6.07, 6.45) is -6.08. The second-order valence-electron chi connectivity index (χ2n) is 7.96. The largest absolute Gasteiger partial charge is 0.490 e. The number of nitrogens with zero attached hydrogens (tertiary/aromatic N) is 4. The van der Waals surface area contributed by atoms with E-state index in [-0.39, 0.29) is 0 Å². The quantitative estimate of drug-likeness (QED) is 0.491. The van der Waals surface area contributed by atoms with Gasteiger partial charge in [0.05, 0.1) is 17.1 Å². The number of pyridine rings is 1. The molecule has 1 saturated heterocycles. The number of carboxylic acid groups (broad SMARTS) is 2. The van der Waals surface area contributed by atoms with E-state index < -0.39 is 24.3 Å². The van der Waals surface area contributed by atoms with Crippen LogP contribution in [-0.4, -0.2) is 85.7 Å². The van der Waals surface area contributed by atoms with E-state index in [1.807, 2.05) is 12.3 Å². The molecule has 0 atom stereocenters. The SMILES string of the molecule is CCc1n[nH]c(CN2CCCN(Cc3ccccn3)CC2)c1C.O=C(O)C(F)(F)F.O=C(O)C(F)(F)F. The van der Waals surface area contributed by atoms with E-state index in [0.717, 1.165) is 51.4 Å². The van der Waals surface area contributed by atoms with Crippen LogP contribution in [0.25, 0.3) is 0 Å². The predicted octanol–water partition coefficient (Wildman–Crippen LogP) is 3.65. The van der Waals surface area contributed by atoms with Gasteiger partial charge in [-0.2, -0.15) is 31.4 Å². The monoisotopic (exact) mass is 541 g/mol. The first-order chi connectivity index (χ1) is 17.1. The van der Waals surface area contributed by atoms with Crippen molar-refractivity contribution in [3.05, 3.63) is 47.0 Å². The molecule has 3 N–H and O–H groups in total. The van der Waals surface area contributed by atoms with Crippen molar-refractivity contribution in [1.82, 2.24) is 25.0 Å². The summed E-state index contributed by atoms with van der Waals surface area (Å²) in [6, 6.07) is 6.16. The van der Waals surface area contributed by atoms with Crippen molar-refractivity contribution in [3.8, 4) is 0 Å². The number of carboxylic acids is 2. The number of alkyl halides is 6. The lowest BCUT2D eigenvalue weighted by Crippen LogP contribution is -2.30. The number of hydrogen-bond donors (Lipinski definition) is 3. The molecule has 0 saturated carbocycles. The fraction of sp³-hybridized carbons (Fsp3) is 0.545. The number of rotatable bonds is 5. The highest BCUT2D eigenvalue weighted by Crippen LogP contribution is 2.15. The molecule has 1 fully saturated rings. The summed E-state index contributed by atoms with van der Waals surface area (Å²) in [6.45, 7) is 10.8. The number of aryl methyl sites for hydroxylation is 1. The highest BCUT2D eigenvalue weighted by Gasteiger charge is 2.38. The fourth-order valence-electron chi connectivity index (χ4n) is 3.26. The molecule has 37 heavy (non-hydrogen) atoms. The van der Waals surface area contributed by atoms with Crippen LogP contribution in [0.15, 0.2) is 24.4 Å². The third kappa shape index (κ3) is 12.1. The molecule has 0 radical (unpaired) electrons. The van der Waals surface area contributed by atoms with Crippen molar-refractivity contribution in [1.29, 1.82) is 0 Å². The van der Waals surface area contributed by atoms with Gasteiger partial charge in [0.15, 0.2) is 0 Å². The smallest absolute Gasteiger partial charge is 0.475 e. The van der Waals surface area contributed by atoms with Crippen molar-refractivity contribution < 1.29 is 46.1 Å². The number of aromatic amines is 1. The Morgan fingerprint density at radius 2 is 1.46 bits per heavy atom. The van der Waals surface area contributed by atoms with Crippen LogP contribution in [0.4, 0.5) is 26.3 Å². The van der Waals surface area contributed by atoms with Crippen LogP contribution in [0.1, 0.15) is 36.0 Å². The maximum atomic E-state index is 10.6. The average molecular weight is 541 g/mol. The molecule has 15 heteroatoms. The second-order valence-corrected chi connectivity index (χ2v) is 7.96. The van der Waals surface area contributed by atoms with Crippen molar-refractivity contribution in [2.75, 3.05) is 26.2 Å². The molecule has 0 spiro atoms. The zero-order valence-corrected chi connectivity index (χ0v) is 20.2. The molecular weight excluding hydrogens is 512 g/mol. The van der Waals surface area contributed by atoms with Gasteiger partial charge in [0.2, 0.25) is 0 Å². The van der Waals surface area contributed by atoms with Crippen LogP contribution in [0, 0.1) is 6.92 Å². The Hall–Kier alpha value is -3.20. The number of hydrogen-bond acceptors (Lipinski definition) is 6. The molecule has 9 nitrogen and oxygen atoms in total. The van der Waals surface area contributed by atoms with E-state index in [0.29, 0.717) is 0 Å². The minimum atomic E-state index is -5.08. The highest BCUT2D eigenvalue weighted by molar-refractivity contribution is 5.73. The Balaban J connectivity index is 0.000000404. The normalized spacial score (nSPS) is 15.0. The van der Waals surface area contributed by atoms with E-state index in [1.165, 1.54) is 23.4 Å². The Morgan fingerprint density at radius 3 is 1.86 bits per heavy atom. The standard InChI is InChI=1S/C18H27N5.2C2HF3O2/c1-3-17-15(2)18(21-20-17)14-23-10-6-9-22(11-12-23)13-16-7-4-5-8-19-16;2*3-2(4,5)1(6)7/h4-5,7-8H,3,6,9-14H2,1-2H3,(H,20,21);2*(H,6,7).